The zero-order valence-electron chi connectivity index (χ0n) is 14.8. The van der Waals surface area contributed by atoms with E-state index in [0.717, 1.165) is 18.7 Å². The Hall–Kier alpha value is -2.34. The molecule has 1 aromatic carbocycles. The molecular weight excluding hydrogens is 316 g/mol. The molecule has 1 aromatic heterocycles. The number of piperidine rings is 1. The fourth-order valence-corrected chi connectivity index (χ4v) is 3.15. The van der Waals surface area contributed by atoms with Gasteiger partial charge in [0, 0.05) is 31.5 Å². The highest BCUT2D eigenvalue weighted by atomic mass is 16.6. The zero-order valence-corrected chi connectivity index (χ0v) is 14.8. The fraction of sp³-hybridized carbons (Fsp3) is 0.474. The standard InChI is InChI=1S/C19H26N4O2/c1-14(2)25-19(24)23-12-8-16(9-13-23)22-17(18-20-10-11-21-18)15-6-4-3-5-7-15/h3-7,10-11,14,16-17,22H,8-9,12-13H2,1-2H3,(H,20,21). The number of imidazole rings is 1. The number of benzene rings is 1. The second-order valence-corrected chi connectivity index (χ2v) is 6.68. The van der Waals surface area contributed by atoms with Crippen molar-refractivity contribution >= 4 is 6.09 Å². The molecule has 0 radical (unpaired) electrons. The second-order valence-electron chi connectivity index (χ2n) is 6.68. The van der Waals surface area contributed by atoms with Crippen molar-refractivity contribution in [2.45, 2.75) is 44.9 Å². The molecule has 134 valence electrons. The molecule has 1 atom stereocenters. The summed E-state index contributed by atoms with van der Waals surface area (Å²) in [5.74, 6) is 0.910. The topological polar surface area (TPSA) is 70.2 Å². The van der Waals surface area contributed by atoms with Crippen LogP contribution in [0.15, 0.2) is 42.7 Å². The van der Waals surface area contributed by atoms with Gasteiger partial charge in [-0.3, -0.25) is 0 Å². The number of H-pyrrole nitrogens is 1. The highest BCUT2D eigenvalue weighted by molar-refractivity contribution is 5.67. The molecule has 1 aliphatic heterocycles. The van der Waals surface area contributed by atoms with Gasteiger partial charge in [-0.15, -0.1) is 0 Å². The first-order chi connectivity index (χ1) is 12.1. The monoisotopic (exact) mass is 342 g/mol. The summed E-state index contributed by atoms with van der Waals surface area (Å²) in [5.41, 5.74) is 1.18. The van der Waals surface area contributed by atoms with Crippen LogP contribution in [0.1, 0.15) is 44.1 Å². The molecule has 1 amide bonds. The van der Waals surface area contributed by atoms with Crippen molar-refractivity contribution in [2.24, 2.45) is 0 Å². The van der Waals surface area contributed by atoms with Gasteiger partial charge in [0.1, 0.15) is 5.82 Å². The number of nitrogens with zero attached hydrogens (tertiary/aromatic N) is 2. The van der Waals surface area contributed by atoms with Crippen LogP contribution in [-0.2, 0) is 4.74 Å². The SMILES string of the molecule is CC(C)OC(=O)N1CCC(NC(c2ccccc2)c2ncc[nH]2)CC1. The van der Waals surface area contributed by atoms with Crippen molar-refractivity contribution in [2.75, 3.05) is 13.1 Å². The Labute approximate surface area is 148 Å². The molecule has 3 rings (SSSR count). The zero-order chi connectivity index (χ0) is 17.6. The fourth-order valence-electron chi connectivity index (χ4n) is 3.15. The van der Waals surface area contributed by atoms with Gasteiger partial charge < -0.3 is 19.9 Å². The molecule has 0 aliphatic carbocycles. The molecule has 0 spiro atoms. The first-order valence-corrected chi connectivity index (χ1v) is 8.89. The first kappa shape index (κ1) is 17.5. The van der Waals surface area contributed by atoms with Crippen LogP contribution >= 0.6 is 0 Å². The van der Waals surface area contributed by atoms with Gasteiger partial charge in [-0.1, -0.05) is 30.3 Å². The van der Waals surface area contributed by atoms with E-state index in [1.807, 2.05) is 38.2 Å². The van der Waals surface area contributed by atoms with E-state index in [9.17, 15) is 4.79 Å². The minimum Gasteiger partial charge on any atom is -0.447 e. The maximum atomic E-state index is 12.0. The number of hydrogen-bond donors (Lipinski definition) is 2. The third-order valence-corrected chi connectivity index (χ3v) is 4.42. The van der Waals surface area contributed by atoms with Crippen LogP contribution in [0.4, 0.5) is 4.79 Å². The van der Waals surface area contributed by atoms with Gasteiger partial charge in [0.05, 0.1) is 12.1 Å². The van der Waals surface area contributed by atoms with Gasteiger partial charge in [-0.05, 0) is 32.3 Å². The Morgan fingerprint density at radius 1 is 1.28 bits per heavy atom. The van der Waals surface area contributed by atoms with E-state index in [-0.39, 0.29) is 18.2 Å². The normalized spacial score (nSPS) is 16.8. The molecule has 2 N–H and O–H groups in total. The summed E-state index contributed by atoms with van der Waals surface area (Å²) in [6, 6.07) is 10.7. The number of rotatable bonds is 5. The Morgan fingerprint density at radius 2 is 2.00 bits per heavy atom. The van der Waals surface area contributed by atoms with Gasteiger partial charge in [0.2, 0.25) is 0 Å². The summed E-state index contributed by atoms with van der Waals surface area (Å²) in [6.45, 7) is 5.17. The molecule has 0 bridgehead atoms. The number of aromatic amines is 1. The van der Waals surface area contributed by atoms with Crippen molar-refractivity contribution in [3.05, 3.63) is 54.1 Å². The van der Waals surface area contributed by atoms with E-state index >= 15 is 0 Å². The largest absolute Gasteiger partial charge is 0.447 e. The van der Waals surface area contributed by atoms with E-state index in [0.29, 0.717) is 19.1 Å². The molecule has 0 saturated carbocycles. The summed E-state index contributed by atoms with van der Waals surface area (Å²) in [5, 5.41) is 3.70. The van der Waals surface area contributed by atoms with Gasteiger partial charge in [0.25, 0.3) is 0 Å². The Bertz CT molecular complexity index is 649. The number of hydrogen-bond acceptors (Lipinski definition) is 4. The molecule has 6 heteroatoms. The molecule has 25 heavy (non-hydrogen) atoms. The van der Waals surface area contributed by atoms with Crippen molar-refractivity contribution in [3.63, 3.8) is 0 Å². The van der Waals surface area contributed by atoms with Crippen molar-refractivity contribution < 1.29 is 9.53 Å². The summed E-state index contributed by atoms with van der Waals surface area (Å²) in [4.78, 5) is 21.5. The average Bonchev–Trinajstić information content (AvgIpc) is 3.14. The second kappa shape index (κ2) is 8.16. The summed E-state index contributed by atoms with van der Waals surface area (Å²) < 4.78 is 5.29. The van der Waals surface area contributed by atoms with Crippen molar-refractivity contribution in [1.29, 1.82) is 0 Å². The van der Waals surface area contributed by atoms with Crippen molar-refractivity contribution in [3.8, 4) is 0 Å². The number of amides is 1. The third kappa shape index (κ3) is 4.60. The third-order valence-electron chi connectivity index (χ3n) is 4.42. The lowest BCUT2D eigenvalue weighted by molar-refractivity contribution is 0.0674. The van der Waals surface area contributed by atoms with Crippen LogP contribution in [0, 0.1) is 0 Å². The minimum absolute atomic E-state index is 0.0235. The molecule has 2 heterocycles. The van der Waals surface area contributed by atoms with Crippen LogP contribution in [0.3, 0.4) is 0 Å². The predicted octanol–water partition coefficient (Wildman–Crippen LogP) is 3.10. The Morgan fingerprint density at radius 3 is 2.60 bits per heavy atom. The van der Waals surface area contributed by atoms with Gasteiger partial charge >= 0.3 is 6.09 Å². The first-order valence-electron chi connectivity index (χ1n) is 8.89. The number of carbonyl (C=O) groups excluding carboxylic acids is 1. The minimum atomic E-state index is -0.209. The average molecular weight is 342 g/mol. The van der Waals surface area contributed by atoms with E-state index < -0.39 is 0 Å². The molecule has 1 aliphatic rings. The Kier molecular flexibility index (Phi) is 5.71. The van der Waals surface area contributed by atoms with Gasteiger partial charge in [-0.25, -0.2) is 9.78 Å². The summed E-state index contributed by atoms with van der Waals surface area (Å²) >= 11 is 0. The number of carbonyl (C=O) groups is 1. The van der Waals surface area contributed by atoms with E-state index in [1.54, 1.807) is 11.1 Å². The van der Waals surface area contributed by atoms with Crippen LogP contribution in [0.5, 0.6) is 0 Å². The van der Waals surface area contributed by atoms with E-state index in [4.69, 9.17) is 4.74 Å². The highest BCUT2D eigenvalue weighted by Gasteiger charge is 2.27. The molecule has 1 unspecified atom stereocenters. The molecular formula is C19H26N4O2. The molecule has 6 nitrogen and oxygen atoms in total. The van der Waals surface area contributed by atoms with Crippen LogP contribution < -0.4 is 5.32 Å². The number of likely N-dealkylation sites (tertiary alicyclic amines) is 1. The Balaban J connectivity index is 1.62. The molecule has 1 saturated heterocycles. The summed E-state index contributed by atoms with van der Waals surface area (Å²) in [7, 11) is 0. The number of nitrogens with one attached hydrogen (secondary N) is 2. The quantitative estimate of drug-likeness (QED) is 0.876. The van der Waals surface area contributed by atoms with Crippen LogP contribution in [0.25, 0.3) is 0 Å². The van der Waals surface area contributed by atoms with Crippen LogP contribution in [-0.4, -0.2) is 46.2 Å². The van der Waals surface area contributed by atoms with E-state index in [1.165, 1.54) is 5.56 Å². The van der Waals surface area contributed by atoms with Gasteiger partial charge in [0.15, 0.2) is 0 Å². The number of aromatic nitrogens is 2. The highest BCUT2D eigenvalue weighted by Crippen LogP contribution is 2.22. The number of ether oxygens (including phenoxy) is 1. The van der Waals surface area contributed by atoms with Crippen molar-refractivity contribution in [1.82, 2.24) is 20.2 Å². The predicted molar refractivity (Wildman–Crippen MR) is 96.2 cm³/mol. The lowest BCUT2D eigenvalue weighted by Crippen LogP contribution is -2.46. The maximum Gasteiger partial charge on any atom is 0.410 e. The molecule has 2 aromatic rings. The lowest BCUT2D eigenvalue weighted by Gasteiger charge is -2.34. The van der Waals surface area contributed by atoms with E-state index in [2.05, 4.69) is 27.4 Å². The summed E-state index contributed by atoms with van der Waals surface area (Å²) in [6.07, 6.45) is 5.13. The van der Waals surface area contributed by atoms with Crippen LogP contribution in [0.2, 0.25) is 0 Å². The van der Waals surface area contributed by atoms with Gasteiger partial charge in [-0.2, -0.15) is 0 Å². The maximum absolute atomic E-state index is 12.0. The smallest absolute Gasteiger partial charge is 0.410 e. The molecule has 1 fully saturated rings. The lowest BCUT2D eigenvalue weighted by atomic mass is 10.0.